The highest BCUT2D eigenvalue weighted by Gasteiger charge is 2.20. The van der Waals surface area contributed by atoms with Crippen LogP contribution in [-0.4, -0.2) is 18.4 Å². The Bertz CT molecular complexity index is 610. The van der Waals surface area contributed by atoms with Gasteiger partial charge in [0.2, 0.25) is 0 Å². The van der Waals surface area contributed by atoms with Crippen molar-refractivity contribution in [1.82, 2.24) is 0 Å². The van der Waals surface area contributed by atoms with Crippen LogP contribution in [0.3, 0.4) is 0 Å². The summed E-state index contributed by atoms with van der Waals surface area (Å²) in [5, 5.41) is 1.87. The molecule has 0 heterocycles. The van der Waals surface area contributed by atoms with Crippen LogP contribution >= 0.6 is 0 Å². The van der Waals surface area contributed by atoms with Gasteiger partial charge in [-0.2, -0.15) is 0 Å². The first-order valence-electron chi connectivity index (χ1n) is 6.92. The number of ketones is 1. The Labute approximate surface area is 118 Å². The number of nitrogen functional groups attached to an aromatic ring is 1. The highest BCUT2D eigenvalue weighted by molar-refractivity contribution is 6.14. The lowest BCUT2D eigenvalue weighted by Crippen LogP contribution is -2.31. The van der Waals surface area contributed by atoms with E-state index < -0.39 is 6.04 Å². The third-order valence-electron chi connectivity index (χ3n) is 3.51. The van der Waals surface area contributed by atoms with E-state index in [9.17, 15) is 4.79 Å². The highest BCUT2D eigenvalue weighted by atomic mass is 16.1. The molecule has 20 heavy (non-hydrogen) atoms. The number of rotatable bonds is 6. The summed E-state index contributed by atoms with van der Waals surface area (Å²) < 4.78 is 0. The molecule has 1 atom stereocenters. The predicted octanol–water partition coefficient (Wildman–Crippen LogP) is 2.06. The van der Waals surface area contributed by atoms with Gasteiger partial charge in [-0.3, -0.25) is 4.79 Å². The minimum atomic E-state index is -0.519. The zero-order chi connectivity index (χ0) is 14.5. The SMILES string of the molecule is NCCCC[C@H](N)C(=O)c1c(N)ccc2ccccc12. The van der Waals surface area contributed by atoms with E-state index >= 15 is 0 Å². The van der Waals surface area contributed by atoms with Crippen LogP contribution in [-0.2, 0) is 0 Å². The van der Waals surface area contributed by atoms with Gasteiger partial charge in [-0.1, -0.05) is 36.8 Å². The molecule has 0 unspecified atom stereocenters. The Balaban J connectivity index is 2.31. The van der Waals surface area contributed by atoms with Gasteiger partial charge < -0.3 is 17.2 Å². The molecule has 2 aromatic carbocycles. The summed E-state index contributed by atoms with van der Waals surface area (Å²) in [4.78, 5) is 12.5. The number of carbonyl (C=O) groups excluding carboxylic acids is 1. The van der Waals surface area contributed by atoms with Crippen LogP contribution in [0.25, 0.3) is 10.8 Å². The topological polar surface area (TPSA) is 95.1 Å². The maximum absolute atomic E-state index is 12.5. The van der Waals surface area contributed by atoms with Crippen LogP contribution in [0.15, 0.2) is 36.4 Å². The number of unbranched alkanes of at least 4 members (excludes halogenated alkanes) is 1. The second kappa shape index (κ2) is 6.50. The van der Waals surface area contributed by atoms with Gasteiger partial charge >= 0.3 is 0 Å². The van der Waals surface area contributed by atoms with E-state index in [0.717, 1.165) is 23.6 Å². The van der Waals surface area contributed by atoms with E-state index in [1.165, 1.54) is 0 Å². The molecule has 4 heteroatoms. The second-order valence-electron chi connectivity index (χ2n) is 5.01. The van der Waals surface area contributed by atoms with Crippen molar-refractivity contribution in [2.24, 2.45) is 11.5 Å². The fraction of sp³-hybridized carbons (Fsp3) is 0.312. The fourth-order valence-corrected chi connectivity index (χ4v) is 2.39. The normalized spacial score (nSPS) is 12.5. The Hall–Kier alpha value is -1.91. The average Bonchev–Trinajstić information content (AvgIpc) is 2.46. The molecule has 0 aliphatic rings. The van der Waals surface area contributed by atoms with Crippen LogP contribution in [0.4, 0.5) is 5.69 Å². The Kier molecular flexibility index (Phi) is 4.71. The maximum Gasteiger partial charge on any atom is 0.182 e. The first-order valence-corrected chi connectivity index (χ1v) is 6.92. The van der Waals surface area contributed by atoms with E-state index in [-0.39, 0.29) is 5.78 Å². The molecule has 6 N–H and O–H groups in total. The third-order valence-corrected chi connectivity index (χ3v) is 3.51. The van der Waals surface area contributed by atoms with Crippen molar-refractivity contribution in [3.63, 3.8) is 0 Å². The number of fused-ring (bicyclic) bond motifs is 1. The van der Waals surface area contributed by atoms with Crippen molar-refractivity contribution in [3.05, 3.63) is 42.0 Å². The Morgan fingerprint density at radius 1 is 1.10 bits per heavy atom. The zero-order valence-corrected chi connectivity index (χ0v) is 11.5. The second-order valence-corrected chi connectivity index (χ2v) is 5.01. The van der Waals surface area contributed by atoms with Crippen LogP contribution in [0.1, 0.15) is 29.6 Å². The monoisotopic (exact) mass is 271 g/mol. The lowest BCUT2D eigenvalue weighted by molar-refractivity contribution is 0.0958. The number of Topliss-reactive ketones (excluding diaryl/α,β-unsaturated/α-hetero) is 1. The highest BCUT2D eigenvalue weighted by Crippen LogP contribution is 2.25. The maximum atomic E-state index is 12.5. The molecule has 4 nitrogen and oxygen atoms in total. The van der Waals surface area contributed by atoms with Crippen molar-refractivity contribution >= 4 is 22.2 Å². The predicted molar refractivity (Wildman–Crippen MR) is 83.6 cm³/mol. The van der Waals surface area contributed by atoms with E-state index in [4.69, 9.17) is 17.2 Å². The van der Waals surface area contributed by atoms with E-state index in [0.29, 0.717) is 24.2 Å². The fourth-order valence-electron chi connectivity index (χ4n) is 2.39. The summed E-state index contributed by atoms with van der Waals surface area (Å²) in [6.45, 7) is 0.622. The largest absolute Gasteiger partial charge is 0.398 e. The summed E-state index contributed by atoms with van der Waals surface area (Å²) in [5.41, 5.74) is 18.5. The van der Waals surface area contributed by atoms with Crippen LogP contribution < -0.4 is 17.2 Å². The lowest BCUT2D eigenvalue weighted by atomic mass is 9.94. The molecule has 0 saturated carbocycles. The molecule has 0 radical (unpaired) electrons. The number of anilines is 1. The van der Waals surface area contributed by atoms with Crippen molar-refractivity contribution in [2.75, 3.05) is 12.3 Å². The third kappa shape index (κ3) is 2.98. The zero-order valence-electron chi connectivity index (χ0n) is 11.5. The summed E-state index contributed by atoms with van der Waals surface area (Å²) in [7, 11) is 0. The molecule has 0 aromatic heterocycles. The van der Waals surface area contributed by atoms with Crippen molar-refractivity contribution < 1.29 is 4.79 Å². The minimum absolute atomic E-state index is 0.0867. The van der Waals surface area contributed by atoms with Gasteiger partial charge in [0, 0.05) is 11.3 Å². The molecular weight excluding hydrogens is 250 g/mol. The molecule has 106 valence electrons. The first kappa shape index (κ1) is 14.5. The molecule has 0 fully saturated rings. The number of nitrogens with two attached hydrogens (primary N) is 3. The van der Waals surface area contributed by atoms with Crippen LogP contribution in [0, 0.1) is 0 Å². The Morgan fingerprint density at radius 2 is 1.85 bits per heavy atom. The molecule has 0 aliphatic carbocycles. The quantitative estimate of drug-likeness (QED) is 0.426. The molecule has 2 rings (SSSR count). The van der Waals surface area contributed by atoms with Crippen molar-refractivity contribution in [3.8, 4) is 0 Å². The number of carbonyl (C=O) groups is 1. The molecule has 0 amide bonds. The summed E-state index contributed by atoms with van der Waals surface area (Å²) >= 11 is 0. The average molecular weight is 271 g/mol. The molecule has 0 saturated heterocycles. The summed E-state index contributed by atoms with van der Waals surface area (Å²) in [6.07, 6.45) is 2.37. The van der Waals surface area contributed by atoms with Crippen molar-refractivity contribution in [2.45, 2.75) is 25.3 Å². The van der Waals surface area contributed by atoms with Crippen LogP contribution in [0.2, 0.25) is 0 Å². The standard InChI is InChI=1S/C16H21N3O/c17-10-4-3-7-14(19)16(20)15-12-6-2-1-5-11(12)8-9-13(15)18/h1-2,5-6,8-9,14H,3-4,7,10,17-19H2/t14-/m0/s1. The van der Waals surface area contributed by atoms with Gasteiger partial charge in [0.1, 0.15) is 0 Å². The smallest absolute Gasteiger partial charge is 0.182 e. The molecule has 0 spiro atoms. The number of benzene rings is 2. The summed E-state index contributed by atoms with van der Waals surface area (Å²) in [5.74, 6) is -0.0867. The van der Waals surface area contributed by atoms with E-state index in [1.54, 1.807) is 6.07 Å². The van der Waals surface area contributed by atoms with Gasteiger partial charge in [0.05, 0.1) is 6.04 Å². The molecular formula is C16H21N3O. The molecule has 2 aromatic rings. The van der Waals surface area contributed by atoms with Gasteiger partial charge in [-0.05, 0) is 36.2 Å². The van der Waals surface area contributed by atoms with E-state index in [1.807, 2.05) is 30.3 Å². The molecule has 0 aliphatic heterocycles. The van der Waals surface area contributed by atoms with Crippen molar-refractivity contribution in [1.29, 1.82) is 0 Å². The molecule has 0 bridgehead atoms. The van der Waals surface area contributed by atoms with Gasteiger partial charge in [0.15, 0.2) is 5.78 Å². The van der Waals surface area contributed by atoms with Gasteiger partial charge in [0.25, 0.3) is 0 Å². The number of hydrogen-bond donors (Lipinski definition) is 3. The Morgan fingerprint density at radius 3 is 2.60 bits per heavy atom. The van der Waals surface area contributed by atoms with E-state index in [2.05, 4.69) is 0 Å². The lowest BCUT2D eigenvalue weighted by Gasteiger charge is -2.14. The van der Waals surface area contributed by atoms with Gasteiger partial charge in [-0.15, -0.1) is 0 Å². The van der Waals surface area contributed by atoms with Crippen LogP contribution in [0.5, 0.6) is 0 Å². The first-order chi connectivity index (χ1) is 9.65. The minimum Gasteiger partial charge on any atom is -0.398 e. The summed E-state index contributed by atoms with van der Waals surface area (Å²) in [6, 6.07) is 10.9. The van der Waals surface area contributed by atoms with Gasteiger partial charge in [-0.25, -0.2) is 0 Å². The number of hydrogen-bond acceptors (Lipinski definition) is 4.